The molecule has 0 N–H and O–H groups in total. The van der Waals surface area contributed by atoms with Crippen LogP contribution < -0.4 is 30.6 Å². The van der Waals surface area contributed by atoms with Crippen LogP contribution in [0, 0.1) is 62.3 Å². The van der Waals surface area contributed by atoms with Gasteiger partial charge < -0.3 is 14.2 Å². The largest absolute Gasteiger partial charge is 0.416 e. The Hall–Kier alpha value is -7.43. The van der Waals surface area contributed by atoms with Crippen LogP contribution >= 0.6 is 0 Å². The molecule has 0 spiro atoms. The number of benzene rings is 9. The Morgan fingerprint density at radius 1 is 0.261 bits per heavy atom. The van der Waals surface area contributed by atoms with E-state index in [1.54, 1.807) is 0 Å². The lowest BCUT2D eigenvalue weighted by molar-refractivity contribution is 1.26. The SMILES string of the molecule is Cc1cc(C)c(-c2ccc3c(c2)B2N(B4c5cc(-c6c(C)cc(C)cc6C)ccc5-c5ccccc5N4B4c5cc(-c6c(C)cc(C)cc6C)ccc5-c5ccccc5N24)c2ccccc2-3)c(C)c1. The second-order valence-corrected chi connectivity index (χ2v) is 20.6. The molecule has 0 aromatic heterocycles. The minimum atomic E-state index is -0.169. The summed E-state index contributed by atoms with van der Waals surface area (Å²) in [7, 11) is 0. The van der Waals surface area contributed by atoms with E-state index in [4.69, 9.17) is 0 Å². The van der Waals surface area contributed by atoms with Crippen molar-refractivity contribution in [1.29, 1.82) is 0 Å². The van der Waals surface area contributed by atoms with Gasteiger partial charge in [0, 0.05) is 33.8 Å². The fourth-order valence-electron chi connectivity index (χ4n) is 13.7. The van der Waals surface area contributed by atoms with Gasteiger partial charge in [0.1, 0.15) is 0 Å². The van der Waals surface area contributed by atoms with Gasteiger partial charge in [-0.2, -0.15) is 0 Å². The molecule has 9 aromatic carbocycles. The third-order valence-corrected chi connectivity index (χ3v) is 15.9. The molecule has 0 saturated carbocycles. The zero-order valence-corrected chi connectivity index (χ0v) is 41.2. The minimum absolute atomic E-state index is 0.169. The Kier molecular flexibility index (Phi) is 9.25. The van der Waals surface area contributed by atoms with Crippen LogP contribution in [0.5, 0.6) is 0 Å². The second kappa shape index (κ2) is 15.3. The van der Waals surface area contributed by atoms with Crippen molar-refractivity contribution < 1.29 is 0 Å². The molecule has 3 nitrogen and oxygen atoms in total. The van der Waals surface area contributed by atoms with Crippen LogP contribution in [0.4, 0.5) is 17.1 Å². The van der Waals surface area contributed by atoms with Crippen molar-refractivity contribution in [3.05, 3.63) is 214 Å². The molecule has 0 amide bonds. The Bertz CT molecular complexity index is 3220. The van der Waals surface area contributed by atoms with E-state index in [2.05, 4.69) is 240 Å². The second-order valence-electron chi connectivity index (χ2n) is 20.6. The molecule has 9 aromatic rings. The summed E-state index contributed by atoms with van der Waals surface area (Å²) < 4.78 is 8.42. The van der Waals surface area contributed by atoms with Gasteiger partial charge in [0.15, 0.2) is 0 Å². The topological polar surface area (TPSA) is 9.72 Å². The molecular formula is C63H54B3N3. The number of anilines is 3. The first-order chi connectivity index (χ1) is 33.4. The maximum absolute atomic E-state index is 2.81. The Labute approximate surface area is 409 Å². The van der Waals surface area contributed by atoms with Crippen molar-refractivity contribution in [2.75, 3.05) is 14.2 Å². The van der Waals surface area contributed by atoms with Gasteiger partial charge in [-0.1, -0.05) is 162 Å². The highest BCUT2D eigenvalue weighted by atomic mass is 15.3. The highest BCUT2D eigenvalue weighted by Gasteiger charge is 2.61. The molecule has 330 valence electrons. The predicted molar refractivity (Wildman–Crippen MR) is 298 cm³/mol. The standard InChI is InChI=1S/C63H54B3N3/c1-37-28-40(4)61(41(5)29-37)46-22-25-49-52-16-10-13-19-58(52)67-64(55(49)34-46)68-59-20-14-11-17-53(59)50-26-23-47(62-42(6)30-38(2)31-43(62)7)35-56(50)66(68)69-60-21-15-12-18-54(60)51-27-24-48(36-57(51)65(67)69)63-44(8)32-39(3)33-45(63)9/h10-36H,1-9H3. The smallest absolute Gasteiger partial charge is 0.389 e. The molecule has 1 saturated heterocycles. The summed E-state index contributed by atoms with van der Waals surface area (Å²) in [5.74, 6) is 0. The zero-order valence-electron chi connectivity index (χ0n) is 41.2. The van der Waals surface area contributed by atoms with E-state index in [0.717, 1.165) is 0 Å². The summed E-state index contributed by atoms with van der Waals surface area (Å²) in [6.45, 7) is 19.8. The number of hydrogen-bond acceptors (Lipinski definition) is 3. The van der Waals surface area contributed by atoms with Crippen LogP contribution in [-0.2, 0) is 0 Å². The molecular weight excluding hydrogens is 831 g/mol. The lowest BCUT2D eigenvalue weighted by atomic mass is 9.33. The normalized spacial score (nSPS) is 13.7. The van der Waals surface area contributed by atoms with Crippen molar-refractivity contribution in [1.82, 2.24) is 0 Å². The highest BCUT2D eigenvalue weighted by Crippen LogP contribution is 2.50. The predicted octanol–water partition coefficient (Wildman–Crippen LogP) is 13.4. The number of rotatable bonds is 3. The average molecular weight is 886 g/mol. The fraction of sp³-hybridized carbons (Fsp3) is 0.143. The van der Waals surface area contributed by atoms with Crippen LogP contribution in [0.25, 0.3) is 66.8 Å². The van der Waals surface area contributed by atoms with Gasteiger partial charge in [0.2, 0.25) is 0 Å². The first-order valence-electron chi connectivity index (χ1n) is 24.7. The van der Waals surface area contributed by atoms with E-state index >= 15 is 0 Å². The van der Waals surface area contributed by atoms with E-state index in [1.165, 1.54) is 150 Å². The maximum Gasteiger partial charge on any atom is 0.389 e. The van der Waals surface area contributed by atoms with E-state index in [0.29, 0.717) is 0 Å². The molecule has 13 rings (SSSR count). The molecule has 4 aliphatic heterocycles. The van der Waals surface area contributed by atoms with Gasteiger partial charge in [-0.25, -0.2) is 0 Å². The number of aryl methyl sites for hydroxylation is 9. The molecule has 0 bridgehead atoms. The lowest BCUT2D eigenvalue weighted by Gasteiger charge is -2.61. The van der Waals surface area contributed by atoms with Crippen molar-refractivity contribution in [3.63, 3.8) is 0 Å². The van der Waals surface area contributed by atoms with Gasteiger partial charge in [0.25, 0.3) is 0 Å². The molecule has 0 radical (unpaired) electrons. The fourth-order valence-corrected chi connectivity index (χ4v) is 13.7. The number of fused-ring (bicyclic) bond motifs is 21. The van der Waals surface area contributed by atoms with Crippen LogP contribution in [0.15, 0.2) is 164 Å². The van der Waals surface area contributed by atoms with Crippen LogP contribution in [0.1, 0.15) is 50.1 Å². The lowest BCUT2D eigenvalue weighted by Crippen LogP contribution is -2.88. The molecule has 6 heteroatoms. The first-order valence-corrected chi connectivity index (χ1v) is 24.7. The number of nitrogens with zero attached hydrogens (tertiary/aromatic N) is 3. The van der Waals surface area contributed by atoms with Gasteiger partial charge >= 0.3 is 20.9 Å². The third kappa shape index (κ3) is 6.10. The minimum Gasteiger partial charge on any atom is -0.416 e. The van der Waals surface area contributed by atoms with Gasteiger partial charge in [-0.15, -0.1) is 0 Å². The molecule has 1 fully saturated rings. The molecule has 4 heterocycles. The number of para-hydroxylation sites is 3. The maximum atomic E-state index is 2.81. The quantitative estimate of drug-likeness (QED) is 0.164. The van der Waals surface area contributed by atoms with Crippen LogP contribution in [0.2, 0.25) is 0 Å². The van der Waals surface area contributed by atoms with Crippen molar-refractivity contribution in [3.8, 4) is 66.8 Å². The third-order valence-electron chi connectivity index (χ3n) is 15.9. The van der Waals surface area contributed by atoms with Gasteiger partial charge in [-0.3, -0.25) is 0 Å². The summed E-state index contributed by atoms with van der Waals surface area (Å²) in [6.07, 6.45) is 0. The summed E-state index contributed by atoms with van der Waals surface area (Å²) in [5.41, 5.74) is 35.0. The van der Waals surface area contributed by atoms with Crippen LogP contribution in [-0.4, -0.2) is 20.9 Å². The molecule has 0 unspecified atom stereocenters. The van der Waals surface area contributed by atoms with Crippen LogP contribution in [0.3, 0.4) is 0 Å². The summed E-state index contributed by atoms with van der Waals surface area (Å²) in [6, 6.07) is 63.8. The average Bonchev–Trinajstić information content (AvgIpc) is 3.32. The molecule has 0 aliphatic carbocycles. The zero-order chi connectivity index (χ0) is 47.1. The molecule has 0 atom stereocenters. The van der Waals surface area contributed by atoms with E-state index in [1.807, 2.05) is 0 Å². The van der Waals surface area contributed by atoms with Crippen molar-refractivity contribution in [2.45, 2.75) is 62.3 Å². The van der Waals surface area contributed by atoms with Crippen molar-refractivity contribution >= 4 is 54.4 Å². The van der Waals surface area contributed by atoms with E-state index in [-0.39, 0.29) is 20.9 Å². The summed E-state index contributed by atoms with van der Waals surface area (Å²) in [4.78, 5) is 0. The summed E-state index contributed by atoms with van der Waals surface area (Å²) >= 11 is 0. The van der Waals surface area contributed by atoms with E-state index < -0.39 is 0 Å². The Morgan fingerprint density at radius 2 is 0.507 bits per heavy atom. The monoisotopic (exact) mass is 885 g/mol. The first kappa shape index (κ1) is 41.7. The molecule has 69 heavy (non-hydrogen) atoms. The highest BCUT2D eigenvalue weighted by molar-refractivity contribution is 7.16. The Morgan fingerprint density at radius 3 is 0.768 bits per heavy atom. The number of hydrogen-bond donors (Lipinski definition) is 0. The molecule has 4 aliphatic rings. The van der Waals surface area contributed by atoms with E-state index in [9.17, 15) is 0 Å². The summed E-state index contributed by atoms with van der Waals surface area (Å²) in [5, 5.41) is 0. The van der Waals surface area contributed by atoms with Crippen molar-refractivity contribution in [2.24, 2.45) is 0 Å². The Balaban J connectivity index is 1.16. The van der Waals surface area contributed by atoms with Gasteiger partial charge in [-0.05, 0) is 180 Å². The van der Waals surface area contributed by atoms with Gasteiger partial charge in [0.05, 0.1) is 0 Å².